The van der Waals surface area contributed by atoms with Gasteiger partial charge in [0.25, 0.3) is 0 Å². The number of pyridine rings is 1. The van der Waals surface area contributed by atoms with Crippen LogP contribution in [0, 0.1) is 0 Å². The lowest BCUT2D eigenvalue weighted by molar-refractivity contribution is 0.0690. The summed E-state index contributed by atoms with van der Waals surface area (Å²) in [5.74, 6) is -0.485. The van der Waals surface area contributed by atoms with Crippen molar-refractivity contribution >= 4 is 11.7 Å². The van der Waals surface area contributed by atoms with E-state index in [4.69, 9.17) is 5.11 Å². The summed E-state index contributed by atoms with van der Waals surface area (Å²) in [6, 6.07) is 14.1. The number of carboxylic acids is 1. The van der Waals surface area contributed by atoms with Gasteiger partial charge in [-0.05, 0) is 24.1 Å². The molecule has 0 radical (unpaired) electrons. The molecule has 0 bridgehead atoms. The van der Waals surface area contributed by atoms with Crippen molar-refractivity contribution < 1.29 is 9.90 Å². The minimum absolute atomic E-state index is 0.0712. The Hall–Kier alpha value is -2.36. The number of nitrogens with one attached hydrogen (secondary N) is 1. The van der Waals surface area contributed by atoms with E-state index in [1.165, 1.54) is 11.8 Å². The van der Waals surface area contributed by atoms with E-state index in [1.807, 2.05) is 18.2 Å². The van der Waals surface area contributed by atoms with Crippen molar-refractivity contribution in [1.29, 1.82) is 0 Å². The van der Waals surface area contributed by atoms with Crippen LogP contribution in [0.1, 0.15) is 28.4 Å². The molecule has 0 aliphatic heterocycles. The highest BCUT2D eigenvalue weighted by Crippen LogP contribution is 2.42. The zero-order valence-electron chi connectivity index (χ0n) is 10.3. The molecular weight excluding hydrogens is 240 g/mol. The van der Waals surface area contributed by atoms with Gasteiger partial charge in [-0.3, -0.25) is 0 Å². The maximum atomic E-state index is 10.9. The second-order valence-electron chi connectivity index (χ2n) is 4.74. The van der Waals surface area contributed by atoms with Gasteiger partial charge in [0.05, 0.1) is 0 Å². The number of benzene rings is 1. The highest BCUT2D eigenvalue weighted by molar-refractivity contribution is 5.86. The van der Waals surface area contributed by atoms with Crippen LogP contribution in [-0.2, 0) is 0 Å². The maximum absolute atomic E-state index is 10.9. The van der Waals surface area contributed by atoms with E-state index in [-0.39, 0.29) is 5.69 Å². The first kappa shape index (κ1) is 11.7. The van der Waals surface area contributed by atoms with Gasteiger partial charge in [0.1, 0.15) is 5.69 Å². The summed E-state index contributed by atoms with van der Waals surface area (Å²) in [4.78, 5) is 14.7. The van der Waals surface area contributed by atoms with Gasteiger partial charge in [-0.15, -0.1) is 0 Å². The highest BCUT2D eigenvalue weighted by Gasteiger charge is 2.38. The Labute approximate surface area is 111 Å². The summed E-state index contributed by atoms with van der Waals surface area (Å²) in [6.45, 7) is 0. The standard InChI is InChI=1S/C15H14N2O2/c18-15(19)14-8-11(6-7-16-14)17-13-9-12(13)10-4-2-1-3-5-10/h1-8,12-13H,9H2,(H,16,17)(H,18,19). The molecule has 0 spiro atoms. The van der Waals surface area contributed by atoms with Crippen molar-refractivity contribution in [3.05, 3.63) is 59.9 Å². The molecule has 19 heavy (non-hydrogen) atoms. The first-order valence-corrected chi connectivity index (χ1v) is 6.25. The average Bonchev–Trinajstić information content (AvgIpc) is 3.19. The van der Waals surface area contributed by atoms with E-state index in [0.717, 1.165) is 12.1 Å². The lowest BCUT2D eigenvalue weighted by Gasteiger charge is -2.06. The van der Waals surface area contributed by atoms with Gasteiger partial charge in [0, 0.05) is 23.8 Å². The number of hydrogen-bond donors (Lipinski definition) is 2. The van der Waals surface area contributed by atoms with E-state index >= 15 is 0 Å². The van der Waals surface area contributed by atoms with Crippen molar-refractivity contribution in [3.8, 4) is 0 Å². The molecule has 0 amide bonds. The number of carbonyl (C=O) groups is 1. The van der Waals surface area contributed by atoms with Crippen LogP contribution in [0.5, 0.6) is 0 Å². The minimum Gasteiger partial charge on any atom is -0.477 e. The molecule has 0 saturated heterocycles. The summed E-state index contributed by atoms with van der Waals surface area (Å²) < 4.78 is 0. The second kappa shape index (κ2) is 4.72. The van der Waals surface area contributed by atoms with Gasteiger partial charge in [0.2, 0.25) is 0 Å². The minimum atomic E-state index is -1.00. The van der Waals surface area contributed by atoms with E-state index < -0.39 is 5.97 Å². The predicted molar refractivity (Wildman–Crippen MR) is 72.4 cm³/mol. The lowest BCUT2D eigenvalue weighted by atomic mass is 10.1. The Balaban J connectivity index is 1.68. The third kappa shape index (κ3) is 2.57. The molecule has 4 heteroatoms. The van der Waals surface area contributed by atoms with Gasteiger partial charge in [-0.25, -0.2) is 9.78 Å². The summed E-state index contributed by atoms with van der Waals surface area (Å²) >= 11 is 0. The van der Waals surface area contributed by atoms with E-state index in [0.29, 0.717) is 12.0 Å². The van der Waals surface area contributed by atoms with Crippen LogP contribution < -0.4 is 5.32 Å². The third-order valence-electron chi connectivity index (χ3n) is 3.35. The number of carboxylic acid groups (broad SMARTS) is 1. The molecule has 1 aromatic heterocycles. The Morgan fingerprint density at radius 3 is 2.79 bits per heavy atom. The molecule has 1 saturated carbocycles. The molecule has 2 atom stereocenters. The summed E-state index contributed by atoms with van der Waals surface area (Å²) in [6.07, 6.45) is 2.60. The summed E-state index contributed by atoms with van der Waals surface area (Å²) in [5, 5.41) is 12.3. The first-order valence-electron chi connectivity index (χ1n) is 6.25. The maximum Gasteiger partial charge on any atom is 0.354 e. The summed E-state index contributed by atoms with van der Waals surface area (Å²) in [5.41, 5.74) is 2.21. The number of rotatable bonds is 4. The fraction of sp³-hybridized carbons (Fsp3) is 0.200. The Kier molecular flexibility index (Phi) is 2.91. The van der Waals surface area contributed by atoms with Crippen LogP contribution in [-0.4, -0.2) is 22.1 Å². The van der Waals surface area contributed by atoms with Crippen LogP contribution in [0.3, 0.4) is 0 Å². The third-order valence-corrected chi connectivity index (χ3v) is 3.35. The topological polar surface area (TPSA) is 62.2 Å². The summed E-state index contributed by atoms with van der Waals surface area (Å²) in [7, 11) is 0. The smallest absolute Gasteiger partial charge is 0.354 e. The van der Waals surface area contributed by atoms with Crippen molar-refractivity contribution in [2.24, 2.45) is 0 Å². The van der Waals surface area contributed by atoms with Crippen LogP contribution in [0.15, 0.2) is 48.7 Å². The van der Waals surface area contributed by atoms with Gasteiger partial charge in [0.15, 0.2) is 0 Å². The fourth-order valence-corrected chi connectivity index (χ4v) is 2.27. The van der Waals surface area contributed by atoms with Crippen LogP contribution in [0.2, 0.25) is 0 Å². The quantitative estimate of drug-likeness (QED) is 0.880. The van der Waals surface area contributed by atoms with Gasteiger partial charge in [-0.1, -0.05) is 30.3 Å². The zero-order chi connectivity index (χ0) is 13.2. The number of aromatic carboxylic acids is 1. The molecule has 1 aliphatic carbocycles. The lowest BCUT2D eigenvalue weighted by Crippen LogP contribution is -2.06. The van der Waals surface area contributed by atoms with E-state index in [9.17, 15) is 4.79 Å². The number of nitrogens with zero attached hydrogens (tertiary/aromatic N) is 1. The Bertz CT molecular complexity index is 598. The Morgan fingerprint density at radius 1 is 1.26 bits per heavy atom. The molecule has 1 heterocycles. The van der Waals surface area contributed by atoms with Crippen LogP contribution >= 0.6 is 0 Å². The molecule has 3 rings (SSSR count). The van der Waals surface area contributed by atoms with Crippen molar-refractivity contribution in [2.45, 2.75) is 18.4 Å². The molecule has 96 valence electrons. The van der Waals surface area contributed by atoms with Gasteiger partial charge >= 0.3 is 5.97 Å². The molecular formula is C15H14N2O2. The molecule has 4 nitrogen and oxygen atoms in total. The number of anilines is 1. The van der Waals surface area contributed by atoms with Crippen LogP contribution in [0.4, 0.5) is 5.69 Å². The largest absolute Gasteiger partial charge is 0.477 e. The SMILES string of the molecule is O=C(O)c1cc(NC2CC2c2ccccc2)ccn1. The van der Waals surface area contributed by atoms with Gasteiger partial charge < -0.3 is 10.4 Å². The number of hydrogen-bond acceptors (Lipinski definition) is 3. The van der Waals surface area contributed by atoms with Crippen LogP contribution in [0.25, 0.3) is 0 Å². The molecule has 2 N–H and O–H groups in total. The Morgan fingerprint density at radius 2 is 2.05 bits per heavy atom. The molecule has 1 aromatic carbocycles. The molecule has 1 fully saturated rings. The molecule has 2 unspecified atom stereocenters. The van der Waals surface area contributed by atoms with E-state index in [2.05, 4.69) is 22.4 Å². The molecule has 2 aromatic rings. The second-order valence-corrected chi connectivity index (χ2v) is 4.74. The highest BCUT2D eigenvalue weighted by atomic mass is 16.4. The van der Waals surface area contributed by atoms with Crippen molar-refractivity contribution in [2.75, 3.05) is 5.32 Å². The predicted octanol–water partition coefficient (Wildman–Crippen LogP) is 2.75. The fourth-order valence-electron chi connectivity index (χ4n) is 2.27. The monoisotopic (exact) mass is 254 g/mol. The van der Waals surface area contributed by atoms with Gasteiger partial charge in [-0.2, -0.15) is 0 Å². The zero-order valence-corrected chi connectivity index (χ0v) is 10.3. The van der Waals surface area contributed by atoms with E-state index in [1.54, 1.807) is 12.1 Å². The first-order chi connectivity index (χ1) is 9.24. The molecule has 1 aliphatic rings. The number of aromatic nitrogens is 1. The van der Waals surface area contributed by atoms with Crippen molar-refractivity contribution in [1.82, 2.24) is 4.98 Å². The average molecular weight is 254 g/mol. The van der Waals surface area contributed by atoms with Crippen molar-refractivity contribution in [3.63, 3.8) is 0 Å². The normalized spacial score (nSPS) is 20.8.